The van der Waals surface area contributed by atoms with E-state index in [1.165, 1.54) is 0 Å². The molecule has 2 N–H and O–H groups in total. The maximum absolute atomic E-state index is 12.3. The van der Waals surface area contributed by atoms with Crippen molar-refractivity contribution in [3.8, 4) is 11.5 Å². The molecule has 7 heteroatoms. The van der Waals surface area contributed by atoms with E-state index >= 15 is 0 Å². The number of benzene rings is 3. The molecular formula is C27H32N2O4S. The summed E-state index contributed by atoms with van der Waals surface area (Å²) < 4.78 is 33.1. The number of ether oxygens (including phenoxy) is 1. The van der Waals surface area contributed by atoms with Gasteiger partial charge in [-0.2, -0.15) is 0 Å². The molecule has 0 aromatic heterocycles. The highest BCUT2D eigenvalue weighted by molar-refractivity contribution is 7.88. The van der Waals surface area contributed by atoms with Crippen molar-refractivity contribution in [2.45, 2.75) is 37.7 Å². The summed E-state index contributed by atoms with van der Waals surface area (Å²) in [4.78, 5) is 2.31. The summed E-state index contributed by atoms with van der Waals surface area (Å²) in [6, 6.07) is 25.1. The predicted molar refractivity (Wildman–Crippen MR) is 134 cm³/mol. The lowest BCUT2D eigenvalue weighted by atomic mass is 9.82. The summed E-state index contributed by atoms with van der Waals surface area (Å²) in [5.41, 5.74) is 1.49. The minimum atomic E-state index is -3.43. The molecule has 0 saturated carbocycles. The topological polar surface area (TPSA) is 78.9 Å². The van der Waals surface area contributed by atoms with Crippen molar-refractivity contribution in [3.63, 3.8) is 0 Å². The number of sulfonamides is 1. The molecule has 0 amide bonds. The Hall–Kier alpha value is -2.71. The fourth-order valence-corrected chi connectivity index (χ4v) is 5.72. The van der Waals surface area contributed by atoms with E-state index in [9.17, 15) is 13.5 Å². The fourth-order valence-electron chi connectivity index (χ4n) is 4.52. The first kappa shape index (κ1) is 24.4. The Morgan fingerprint density at radius 3 is 2.35 bits per heavy atom. The van der Waals surface area contributed by atoms with E-state index in [0.717, 1.165) is 29.2 Å². The van der Waals surface area contributed by atoms with Gasteiger partial charge in [0.25, 0.3) is 0 Å². The third-order valence-electron chi connectivity index (χ3n) is 6.20. The minimum absolute atomic E-state index is 0.128. The van der Waals surface area contributed by atoms with Gasteiger partial charge >= 0.3 is 0 Å². The first-order chi connectivity index (χ1) is 16.4. The quantitative estimate of drug-likeness (QED) is 0.475. The third kappa shape index (κ3) is 6.24. The number of nitrogens with zero attached hydrogens (tertiary/aromatic N) is 1. The van der Waals surface area contributed by atoms with Crippen LogP contribution in [0.25, 0.3) is 0 Å². The van der Waals surface area contributed by atoms with Gasteiger partial charge in [0.05, 0.1) is 11.4 Å². The van der Waals surface area contributed by atoms with E-state index in [1.807, 2.05) is 60.7 Å². The Kier molecular flexibility index (Phi) is 7.68. The van der Waals surface area contributed by atoms with E-state index < -0.39 is 15.6 Å². The lowest BCUT2D eigenvalue weighted by Crippen LogP contribution is -2.42. The van der Waals surface area contributed by atoms with Gasteiger partial charge in [0.1, 0.15) is 11.5 Å². The number of nitrogens with one attached hydrogen (secondary N) is 1. The summed E-state index contributed by atoms with van der Waals surface area (Å²) in [6.07, 6.45) is 1.09. The van der Waals surface area contributed by atoms with Crippen molar-refractivity contribution in [3.05, 3.63) is 95.6 Å². The van der Waals surface area contributed by atoms with Gasteiger partial charge in [-0.1, -0.05) is 61.5 Å². The maximum atomic E-state index is 12.3. The normalized spacial score (nSPS) is 16.3. The Bertz CT molecular complexity index is 1190. The van der Waals surface area contributed by atoms with Crippen LogP contribution in [0.5, 0.6) is 11.5 Å². The van der Waals surface area contributed by atoms with E-state index in [0.29, 0.717) is 38.0 Å². The highest BCUT2D eigenvalue weighted by Crippen LogP contribution is 2.36. The van der Waals surface area contributed by atoms with Crippen LogP contribution in [0.2, 0.25) is 0 Å². The van der Waals surface area contributed by atoms with Crippen LogP contribution in [0, 0.1) is 0 Å². The highest BCUT2D eigenvalue weighted by atomic mass is 32.2. The molecular weight excluding hydrogens is 448 g/mol. The van der Waals surface area contributed by atoms with Gasteiger partial charge < -0.3 is 9.84 Å². The molecule has 0 radical (unpaired) electrons. The molecule has 0 aliphatic carbocycles. The molecule has 0 bridgehead atoms. The largest absolute Gasteiger partial charge is 0.457 e. The SMILES string of the molecule is CCNS(=O)(=O)Cc1ccccc1C1(O)CCN(Cc2cccc(Oc3ccccc3)c2)CC1. The number of likely N-dealkylation sites (tertiary alicyclic amines) is 1. The van der Waals surface area contributed by atoms with Crippen LogP contribution < -0.4 is 9.46 Å². The van der Waals surface area contributed by atoms with E-state index in [4.69, 9.17) is 4.74 Å². The van der Waals surface area contributed by atoms with Crippen LogP contribution in [-0.4, -0.2) is 38.1 Å². The number of para-hydroxylation sites is 1. The standard InChI is InChI=1S/C27H32N2O4S/c1-2-28-34(31,32)21-23-10-6-7-14-26(23)27(30)15-17-29(18-16-27)20-22-9-8-13-25(19-22)33-24-11-4-3-5-12-24/h3-14,19,28,30H,2,15-18,20-21H2,1H3. The summed E-state index contributed by atoms with van der Waals surface area (Å²) >= 11 is 0. The average Bonchev–Trinajstić information content (AvgIpc) is 2.82. The lowest BCUT2D eigenvalue weighted by molar-refractivity contribution is -0.0282. The van der Waals surface area contributed by atoms with Crippen LogP contribution in [0.1, 0.15) is 36.5 Å². The molecule has 1 saturated heterocycles. The zero-order valence-corrected chi connectivity index (χ0v) is 20.3. The second kappa shape index (κ2) is 10.7. The molecule has 0 unspecified atom stereocenters. The minimum Gasteiger partial charge on any atom is -0.457 e. The second-order valence-electron chi connectivity index (χ2n) is 8.78. The number of rotatable bonds is 9. The van der Waals surface area contributed by atoms with Gasteiger partial charge in [0.15, 0.2) is 0 Å². The van der Waals surface area contributed by atoms with Crippen molar-refractivity contribution in [2.24, 2.45) is 0 Å². The Morgan fingerprint density at radius 2 is 1.62 bits per heavy atom. The molecule has 3 aromatic rings. The van der Waals surface area contributed by atoms with Crippen molar-refractivity contribution in [1.82, 2.24) is 9.62 Å². The molecule has 0 spiro atoms. The van der Waals surface area contributed by atoms with Crippen LogP contribution in [0.15, 0.2) is 78.9 Å². The van der Waals surface area contributed by atoms with Gasteiger partial charge in [-0.05, 0) is 53.8 Å². The first-order valence-corrected chi connectivity index (χ1v) is 13.3. The molecule has 0 atom stereocenters. The van der Waals surface area contributed by atoms with Crippen molar-refractivity contribution in [1.29, 1.82) is 0 Å². The van der Waals surface area contributed by atoms with Crippen molar-refractivity contribution < 1.29 is 18.3 Å². The Morgan fingerprint density at radius 1 is 0.941 bits per heavy atom. The summed E-state index contributed by atoms with van der Waals surface area (Å²) in [7, 11) is -3.43. The zero-order valence-electron chi connectivity index (χ0n) is 19.5. The molecule has 4 rings (SSSR count). The number of hydrogen-bond donors (Lipinski definition) is 2. The molecule has 1 aliphatic rings. The molecule has 180 valence electrons. The summed E-state index contributed by atoms with van der Waals surface area (Å²) in [5, 5.41) is 11.5. The molecule has 3 aromatic carbocycles. The van der Waals surface area contributed by atoms with Crippen molar-refractivity contribution in [2.75, 3.05) is 19.6 Å². The van der Waals surface area contributed by atoms with Crippen LogP contribution in [-0.2, 0) is 27.9 Å². The Balaban J connectivity index is 1.41. The fraction of sp³-hybridized carbons (Fsp3) is 0.333. The third-order valence-corrected chi connectivity index (χ3v) is 7.61. The molecule has 34 heavy (non-hydrogen) atoms. The van der Waals surface area contributed by atoms with E-state index in [2.05, 4.69) is 21.8 Å². The highest BCUT2D eigenvalue weighted by Gasteiger charge is 2.36. The van der Waals surface area contributed by atoms with Gasteiger partial charge in [-0.3, -0.25) is 4.90 Å². The maximum Gasteiger partial charge on any atom is 0.215 e. The predicted octanol–water partition coefficient (Wildman–Crippen LogP) is 4.40. The van der Waals surface area contributed by atoms with Crippen LogP contribution in [0.3, 0.4) is 0 Å². The number of hydrogen-bond acceptors (Lipinski definition) is 5. The van der Waals surface area contributed by atoms with Crippen LogP contribution in [0.4, 0.5) is 0 Å². The second-order valence-corrected chi connectivity index (χ2v) is 10.6. The molecule has 6 nitrogen and oxygen atoms in total. The summed E-state index contributed by atoms with van der Waals surface area (Å²) in [5.74, 6) is 1.47. The summed E-state index contributed by atoms with van der Waals surface area (Å²) in [6.45, 7) is 4.30. The average molecular weight is 481 g/mol. The number of aliphatic hydroxyl groups is 1. The first-order valence-electron chi connectivity index (χ1n) is 11.7. The Labute approximate surface area is 202 Å². The lowest BCUT2D eigenvalue weighted by Gasteiger charge is -2.39. The van der Waals surface area contributed by atoms with Gasteiger partial charge in [0.2, 0.25) is 10.0 Å². The zero-order chi connectivity index (χ0) is 24.0. The van der Waals surface area contributed by atoms with E-state index in [1.54, 1.807) is 13.0 Å². The monoisotopic (exact) mass is 480 g/mol. The smallest absolute Gasteiger partial charge is 0.215 e. The van der Waals surface area contributed by atoms with Gasteiger partial charge in [-0.15, -0.1) is 0 Å². The van der Waals surface area contributed by atoms with E-state index in [-0.39, 0.29) is 5.75 Å². The van der Waals surface area contributed by atoms with Crippen LogP contribution >= 0.6 is 0 Å². The molecule has 1 heterocycles. The van der Waals surface area contributed by atoms with Crippen molar-refractivity contribution >= 4 is 10.0 Å². The van der Waals surface area contributed by atoms with Gasteiger partial charge in [-0.25, -0.2) is 13.1 Å². The molecule has 1 aliphatic heterocycles. The number of piperidine rings is 1. The van der Waals surface area contributed by atoms with Gasteiger partial charge in [0, 0.05) is 26.2 Å². The molecule has 1 fully saturated rings.